The highest BCUT2D eigenvalue weighted by Gasteiger charge is 2.43. The van der Waals surface area contributed by atoms with Crippen LogP contribution >= 0.6 is 0 Å². The first-order chi connectivity index (χ1) is 11.9. The number of aryl methyl sites for hydroxylation is 1. The summed E-state index contributed by atoms with van der Waals surface area (Å²) in [5, 5.41) is 9.34. The van der Waals surface area contributed by atoms with Gasteiger partial charge in [-0.3, -0.25) is 9.08 Å². The van der Waals surface area contributed by atoms with Crippen LogP contribution in [0.25, 0.3) is 0 Å². The number of carboxylic acids is 1. The fourth-order valence-electron chi connectivity index (χ4n) is 2.56. The maximum absolute atomic E-state index is 12.4. The molecule has 2 atom stereocenters. The monoisotopic (exact) mass is 385 g/mol. The number of rotatable bonds is 4. The topological polar surface area (TPSA) is 110 Å². The lowest BCUT2D eigenvalue weighted by molar-refractivity contribution is -0.142. The highest BCUT2D eigenvalue weighted by atomic mass is 32.2. The molecule has 2 rings (SSSR count). The van der Waals surface area contributed by atoms with Gasteiger partial charge in [-0.15, -0.1) is 0 Å². The van der Waals surface area contributed by atoms with E-state index in [1.54, 1.807) is 32.9 Å². The minimum Gasteiger partial charge on any atom is -0.480 e. The second-order valence-electron chi connectivity index (χ2n) is 7.21. The van der Waals surface area contributed by atoms with Crippen molar-refractivity contribution in [3.8, 4) is 0 Å². The summed E-state index contributed by atoms with van der Waals surface area (Å²) >= 11 is 0. The predicted octanol–water partition coefficient (Wildman–Crippen LogP) is 2.16. The Bertz CT molecular complexity index is 780. The van der Waals surface area contributed by atoms with Gasteiger partial charge in [0.2, 0.25) is 0 Å². The highest BCUT2D eigenvalue weighted by molar-refractivity contribution is 7.86. The van der Waals surface area contributed by atoms with Crippen LogP contribution in [-0.2, 0) is 23.8 Å². The Morgan fingerprint density at radius 1 is 1.19 bits per heavy atom. The van der Waals surface area contributed by atoms with Gasteiger partial charge in [-0.25, -0.2) is 9.59 Å². The number of carbonyl (C=O) groups excluding carboxylic acids is 1. The third-order valence-corrected chi connectivity index (χ3v) is 5.12. The Kier molecular flexibility index (Phi) is 5.62. The number of likely N-dealkylation sites (tertiary alicyclic amines) is 1. The minimum atomic E-state index is -4.07. The SMILES string of the molecule is Cc1ccc(S(=O)(=O)OC2C[C@H](C(=O)O)N(C(=O)OC(C)(C)C)C2)cc1. The highest BCUT2D eigenvalue weighted by Crippen LogP contribution is 2.26. The fourth-order valence-corrected chi connectivity index (χ4v) is 3.64. The van der Waals surface area contributed by atoms with Crippen LogP contribution in [0.15, 0.2) is 29.2 Å². The van der Waals surface area contributed by atoms with Gasteiger partial charge in [0.05, 0.1) is 17.5 Å². The van der Waals surface area contributed by atoms with E-state index in [0.29, 0.717) is 0 Å². The van der Waals surface area contributed by atoms with Crippen molar-refractivity contribution < 1.29 is 32.0 Å². The molecule has 1 saturated heterocycles. The lowest BCUT2D eigenvalue weighted by atomic mass is 10.2. The van der Waals surface area contributed by atoms with Crippen LogP contribution < -0.4 is 0 Å². The molecule has 26 heavy (non-hydrogen) atoms. The molecule has 0 saturated carbocycles. The van der Waals surface area contributed by atoms with Crippen LogP contribution in [0.5, 0.6) is 0 Å². The molecule has 0 bridgehead atoms. The standard InChI is InChI=1S/C17H23NO7S/c1-11-5-7-13(8-6-11)26(22,23)25-12-9-14(15(19)20)18(10-12)16(21)24-17(2,3)4/h5-8,12,14H,9-10H2,1-4H3,(H,19,20)/t12?,14-/m1/s1. The normalized spacial score (nSPS) is 20.8. The van der Waals surface area contributed by atoms with E-state index in [1.165, 1.54) is 12.1 Å². The fraction of sp³-hybridized carbons (Fsp3) is 0.529. The summed E-state index contributed by atoms with van der Waals surface area (Å²) in [6.07, 6.45) is -1.92. The molecule has 0 aromatic heterocycles. The number of ether oxygens (including phenoxy) is 1. The zero-order valence-electron chi connectivity index (χ0n) is 15.1. The number of nitrogens with zero attached hydrogens (tertiary/aromatic N) is 1. The van der Waals surface area contributed by atoms with Crippen molar-refractivity contribution >= 4 is 22.2 Å². The molecule has 8 nitrogen and oxygen atoms in total. The third kappa shape index (κ3) is 4.95. The maximum Gasteiger partial charge on any atom is 0.411 e. The van der Waals surface area contributed by atoms with E-state index in [2.05, 4.69) is 0 Å². The van der Waals surface area contributed by atoms with Crippen molar-refractivity contribution in [2.75, 3.05) is 6.54 Å². The number of benzene rings is 1. The Hall–Kier alpha value is -2.13. The molecule has 9 heteroatoms. The Labute approximate surface area is 152 Å². The van der Waals surface area contributed by atoms with E-state index in [1.807, 2.05) is 6.92 Å². The zero-order chi connectivity index (χ0) is 19.7. The van der Waals surface area contributed by atoms with E-state index in [-0.39, 0.29) is 17.9 Å². The quantitative estimate of drug-likeness (QED) is 0.791. The molecule has 1 aliphatic heterocycles. The number of amides is 1. The third-order valence-electron chi connectivity index (χ3n) is 3.75. The second kappa shape index (κ2) is 7.24. The Balaban J connectivity index is 2.15. The molecule has 1 heterocycles. The molecule has 0 aliphatic carbocycles. The van der Waals surface area contributed by atoms with Crippen LogP contribution in [0.2, 0.25) is 0 Å². The van der Waals surface area contributed by atoms with Crippen molar-refractivity contribution in [3.63, 3.8) is 0 Å². The molecule has 1 N–H and O–H groups in total. The first-order valence-corrected chi connectivity index (χ1v) is 9.52. The number of hydrogen-bond donors (Lipinski definition) is 1. The second-order valence-corrected chi connectivity index (χ2v) is 8.78. The molecule has 1 aromatic carbocycles. The summed E-state index contributed by atoms with van der Waals surface area (Å²) in [6.45, 7) is 6.62. The number of aliphatic carboxylic acids is 1. The van der Waals surface area contributed by atoms with E-state index >= 15 is 0 Å². The molecule has 1 fully saturated rings. The zero-order valence-corrected chi connectivity index (χ0v) is 15.9. The van der Waals surface area contributed by atoms with Gasteiger partial charge in [0, 0.05) is 6.42 Å². The summed E-state index contributed by atoms with van der Waals surface area (Å²) in [4.78, 5) is 24.6. The molecular weight excluding hydrogens is 362 g/mol. The lowest BCUT2D eigenvalue weighted by Crippen LogP contribution is -2.43. The molecule has 1 aromatic rings. The van der Waals surface area contributed by atoms with Crippen molar-refractivity contribution in [2.45, 2.75) is 56.8 Å². The maximum atomic E-state index is 12.4. The molecule has 1 amide bonds. The summed E-state index contributed by atoms with van der Waals surface area (Å²) < 4.78 is 35.1. The van der Waals surface area contributed by atoms with Crippen molar-refractivity contribution in [1.29, 1.82) is 0 Å². The molecule has 1 aliphatic rings. The van der Waals surface area contributed by atoms with Crippen molar-refractivity contribution in [1.82, 2.24) is 4.90 Å². The molecular formula is C17H23NO7S. The first-order valence-electron chi connectivity index (χ1n) is 8.11. The van der Waals surface area contributed by atoms with Crippen LogP contribution in [0.1, 0.15) is 32.8 Å². The Morgan fingerprint density at radius 2 is 1.77 bits per heavy atom. The van der Waals surface area contributed by atoms with E-state index in [4.69, 9.17) is 8.92 Å². The van der Waals surface area contributed by atoms with E-state index in [9.17, 15) is 23.1 Å². The summed E-state index contributed by atoms with van der Waals surface area (Å²) in [5.74, 6) is -1.24. The van der Waals surface area contributed by atoms with Gasteiger partial charge in [-0.05, 0) is 39.8 Å². The molecule has 0 radical (unpaired) electrons. The van der Waals surface area contributed by atoms with Gasteiger partial charge in [0.1, 0.15) is 11.6 Å². The molecule has 1 unspecified atom stereocenters. The summed E-state index contributed by atoms with van der Waals surface area (Å²) in [5.41, 5.74) is 0.0967. The van der Waals surface area contributed by atoms with Gasteiger partial charge in [0.15, 0.2) is 0 Å². The van der Waals surface area contributed by atoms with Crippen LogP contribution in [0.3, 0.4) is 0 Å². The van der Waals surface area contributed by atoms with Gasteiger partial charge < -0.3 is 9.84 Å². The number of carbonyl (C=O) groups is 2. The minimum absolute atomic E-state index is 0.0225. The summed E-state index contributed by atoms with van der Waals surface area (Å²) in [6, 6.07) is 4.90. The van der Waals surface area contributed by atoms with Crippen LogP contribution in [-0.4, -0.2) is 54.8 Å². The van der Waals surface area contributed by atoms with Gasteiger partial charge in [-0.1, -0.05) is 17.7 Å². The lowest BCUT2D eigenvalue weighted by Gasteiger charge is -2.26. The van der Waals surface area contributed by atoms with Gasteiger partial charge in [0.25, 0.3) is 10.1 Å². The largest absolute Gasteiger partial charge is 0.480 e. The van der Waals surface area contributed by atoms with E-state index in [0.717, 1.165) is 10.5 Å². The Morgan fingerprint density at radius 3 is 2.27 bits per heavy atom. The van der Waals surface area contributed by atoms with Gasteiger partial charge >= 0.3 is 12.1 Å². The average Bonchev–Trinajstić information content (AvgIpc) is 2.89. The number of carboxylic acid groups (broad SMARTS) is 1. The summed E-state index contributed by atoms with van der Waals surface area (Å²) in [7, 11) is -4.07. The van der Waals surface area contributed by atoms with Crippen molar-refractivity contribution in [3.05, 3.63) is 29.8 Å². The molecule has 0 spiro atoms. The predicted molar refractivity (Wildman–Crippen MR) is 92.2 cm³/mol. The number of hydrogen-bond acceptors (Lipinski definition) is 6. The smallest absolute Gasteiger partial charge is 0.411 e. The van der Waals surface area contributed by atoms with Crippen LogP contribution in [0.4, 0.5) is 4.79 Å². The molecule has 144 valence electrons. The van der Waals surface area contributed by atoms with E-state index < -0.39 is 39.9 Å². The average molecular weight is 385 g/mol. The van der Waals surface area contributed by atoms with Gasteiger partial charge in [-0.2, -0.15) is 8.42 Å². The van der Waals surface area contributed by atoms with Crippen molar-refractivity contribution in [2.24, 2.45) is 0 Å². The van der Waals surface area contributed by atoms with Crippen LogP contribution in [0, 0.1) is 6.92 Å². The first kappa shape index (κ1) is 20.2.